The summed E-state index contributed by atoms with van der Waals surface area (Å²) in [6.45, 7) is 0. The molecule has 0 heterocycles. The van der Waals surface area contributed by atoms with E-state index in [2.05, 4.69) is 0 Å². The molecule has 1 aliphatic carbocycles. The third-order valence-electron chi connectivity index (χ3n) is 3.37. The first-order valence-corrected chi connectivity index (χ1v) is 5.97. The van der Waals surface area contributed by atoms with Gasteiger partial charge in [0.1, 0.15) is 6.10 Å². The minimum absolute atomic E-state index is 0.141. The van der Waals surface area contributed by atoms with Gasteiger partial charge < -0.3 is 5.11 Å². The highest BCUT2D eigenvalue weighted by atomic mass is 16.3. The quantitative estimate of drug-likeness (QED) is 0.817. The van der Waals surface area contributed by atoms with Gasteiger partial charge in [-0.3, -0.25) is 4.79 Å². The average Bonchev–Trinajstić information content (AvgIpc) is 3.21. The van der Waals surface area contributed by atoms with E-state index >= 15 is 0 Å². The van der Waals surface area contributed by atoms with E-state index < -0.39 is 6.10 Å². The van der Waals surface area contributed by atoms with Gasteiger partial charge in [0.2, 0.25) is 0 Å². The summed E-state index contributed by atoms with van der Waals surface area (Å²) in [5, 5.41) is 12.0. The van der Waals surface area contributed by atoms with Crippen molar-refractivity contribution in [2.75, 3.05) is 0 Å². The molecule has 0 amide bonds. The Bertz CT molecular complexity index is 570. The van der Waals surface area contributed by atoms with Crippen molar-refractivity contribution in [1.82, 2.24) is 0 Å². The number of rotatable bonds is 3. The summed E-state index contributed by atoms with van der Waals surface area (Å²) in [6.07, 6.45) is 1.14. The Labute approximate surface area is 99.9 Å². The topological polar surface area (TPSA) is 37.3 Å². The molecule has 2 nitrogen and oxygen atoms in total. The lowest BCUT2D eigenvalue weighted by Crippen LogP contribution is -2.22. The lowest BCUT2D eigenvalue weighted by molar-refractivity contribution is 0.0704. The number of aliphatic hydroxyl groups excluding tert-OH is 1. The maximum atomic E-state index is 12.0. The fraction of sp³-hybridized carbons (Fsp3) is 0.267. The van der Waals surface area contributed by atoms with Crippen molar-refractivity contribution in [3.05, 3.63) is 48.0 Å². The summed E-state index contributed by atoms with van der Waals surface area (Å²) in [5.74, 6) is 0.0484. The van der Waals surface area contributed by atoms with Crippen molar-refractivity contribution >= 4 is 16.6 Å². The van der Waals surface area contributed by atoms with Crippen LogP contribution in [0.5, 0.6) is 0 Å². The molecule has 1 fully saturated rings. The average molecular weight is 226 g/mol. The molecular weight excluding hydrogens is 212 g/mol. The van der Waals surface area contributed by atoms with Crippen molar-refractivity contribution in [3.8, 4) is 0 Å². The first-order valence-electron chi connectivity index (χ1n) is 5.97. The number of ketones is 1. The summed E-state index contributed by atoms with van der Waals surface area (Å²) < 4.78 is 0. The normalized spacial score (nSPS) is 17.0. The molecule has 0 saturated heterocycles. The van der Waals surface area contributed by atoms with Crippen LogP contribution in [0.1, 0.15) is 23.2 Å². The van der Waals surface area contributed by atoms with Crippen LogP contribution in [-0.2, 0) is 0 Å². The highest BCUT2D eigenvalue weighted by Crippen LogP contribution is 2.34. The third kappa shape index (κ3) is 1.96. The Morgan fingerprint density at radius 2 is 1.82 bits per heavy atom. The van der Waals surface area contributed by atoms with Crippen molar-refractivity contribution in [2.45, 2.75) is 18.9 Å². The smallest absolute Gasteiger partial charge is 0.191 e. The summed E-state index contributed by atoms with van der Waals surface area (Å²) in [4.78, 5) is 12.0. The summed E-state index contributed by atoms with van der Waals surface area (Å²) in [6, 6.07) is 13.5. The van der Waals surface area contributed by atoms with Gasteiger partial charge in [-0.1, -0.05) is 36.4 Å². The van der Waals surface area contributed by atoms with Gasteiger partial charge in [0.15, 0.2) is 5.78 Å². The number of Topliss-reactive ketones (excluding diaryl/α,β-unsaturated/α-hetero) is 1. The van der Waals surface area contributed by atoms with E-state index in [1.165, 1.54) is 0 Å². The van der Waals surface area contributed by atoms with Crippen molar-refractivity contribution in [3.63, 3.8) is 0 Å². The van der Waals surface area contributed by atoms with E-state index in [9.17, 15) is 9.90 Å². The lowest BCUT2D eigenvalue weighted by Gasteiger charge is -2.08. The molecule has 2 aromatic rings. The molecule has 2 aromatic carbocycles. The van der Waals surface area contributed by atoms with Gasteiger partial charge in [0, 0.05) is 5.56 Å². The molecule has 2 heteroatoms. The molecule has 0 spiro atoms. The Hall–Kier alpha value is -1.67. The van der Waals surface area contributed by atoms with E-state index in [-0.39, 0.29) is 11.7 Å². The van der Waals surface area contributed by atoms with Gasteiger partial charge >= 0.3 is 0 Å². The molecule has 0 bridgehead atoms. The number of hydrogen-bond acceptors (Lipinski definition) is 2. The van der Waals surface area contributed by atoms with Gasteiger partial charge in [0.05, 0.1) is 0 Å². The van der Waals surface area contributed by atoms with E-state index in [1.54, 1.807) is 6.07 Å². The molecule has 0 aliphatic heterocycles. The first kappa shape index (κ1) is 10.5. The second kappa shape index (κ2) is 3.97. The molecule has 3 rings (SSSR count). The minimum Gasteiger partial charge on any atom is -0.385 e. The van der Waals surface area contributed by atoms with Crippen LogP contribution in [-0.4, -0.2) is 17.0 Å². The maximum Gasteiger partial charge on any atom is 0.191 e. The predicted octanol–water partition coefficient (Wildman–Crippen LogP) is 2.79. The van der Waals surface area contributed by atoms with Crippen LogP contribution in [0.15, 0.2) is 42.5 Å². The van der Waals surface area contributed by atoms with Crippen LogP contribution in [0.3, 0.4) is 0 Å². The van der Waals surface area contributed by atoms with Crippen molar-refractivity contribution in [2.24, 2.45) is 5.92 Å². The molecular formula is C15H14O2. The van der Waals surface area contributed by atoms with Crippen LogP contribution >= 0.6 is 0 Å². The zero-order valence-corrected chi connectivity index (χ0v) is 9.47. The fourth-order valence-corrected chi connectivity index (χ4v) is 2.14. The number of carbonyl (C=O) groups excluding carboxylic acids is 1. The van der Waals surface area contributed by atoms with Gasteiger partial charge in [-0.25, -0.2) is 0 Å². The molecule has 1 saturated carbocycles. The number of aliphatic hydroxyl groups is 1. The second-order valence-electron chi connectivity index (χ2n) is 4.71. The number of benzene rings is 2. The monoisotopic (exact) mass is 226 g/mol. The molecule has 1 atom stereocenters. The highest BCUT2D eigenvalue weighted by Gasteiger charge is 2.34. The van der Waals surface area contributed by atoms with Gasteiger partial charge in [-0.05, 0) is 35.6 Å². The lowest BCUT2D eigenvalue weighted by atomic mass is 10.00. The minimum atomic E-state index is -0.809. The largest absolute Gasteiger partial charge is 0.385 e. The Kier molecular flexibility index (Phi) is 2.45. The zero-order valence-electron chi connectivity index (χ0n) is 9.47. The number of hydrogen-bond donors (Lipinski definition) is 1. The first-order chi connectivity index (χ1) is 8.25. The predicted molar refractivity (Wildman–Crippen MR) is 67.0 cm³/mol. The molecule has 0 aromatic heterocycles. The van der Waals surface area contributed by atoms with Crippen molar-refractivity contribution < 1.29 is 9.90 Å². The standard InChI is InChI=1S/C15H14O2/c16-14(11-6-7-11)15(17)13-8-5-10-3-1-2-4-12(10)9-13/h1-5,8-9,11,14,16H,6-7H2. The number of fused-ring (bicyclic) bond motifs is 1. The summed E-state index contributed by atoms with van der Waals surface area (Å²) in [5.41, 5.74) is 0.614. The zero-order chi connectivity index (χ0) is 11.8. The van der Waals surface area contributed by atoms with Crippen LogP contribution in [0.4, 0.5) is 0 Å². The van der Waals surface area contributed by atoms with Gasteiger partial charge in [0.25, 0.3) is 0 Å². The van der Waals surface area contributed by atoms with E-state index in [0.29, 0.717) is 5.56 Å². The highest BCUT2D eigenvalue weighted by molar-refractivity contribution is 6.02. The van der Waals surface area contributed by atoms with Crippen LogP contribution in [0.2, 0.25) is 0 Å². The Morgan fingerprint density at radius 1 is 1.12 bits per heavy atom. The summed E-state index contributed by atoms with van der Waals surface area (Å²) in [7, 11) is 0. The Morgan fingerprint density at radius 3 is 2.53 bits per heavy atom. The fourth-order valence-electron chi connectivity index (χ4n) is 2.14. The molecule has 0 radical (unpaired) electrons. The molecule has 86 valence electrons. The van der Waals surface area contributed by atoms with E-state index in [0.717, 1.165) is 23.6 Å². The van der Waals surface area contributed by atoms with Crippen molar-refractivity contribution in [1.29, 1.82) is 0 Å². The van der Waals surface area contributed by atoms with E-state index in [4.69, 9.17) is 0 Å². The van der Waals surface area contributed by atoms with Gasteiger partial charge in [-0.2, -0.15) is 0 Å². The van der Waals surface area contributed by atoms with E-state index in [1.807, 2.05) is 36.4 Å². The SMILES string of the molecule is O=C(c1ccc2ccccc2c1)C(O)C1CC1. The van der Waals surface area contributed by atoms with Crippen LogP contribution in [0.25, 0.3) is 10.8 Å². The third-order valence-corrected chi connectivity index (χ3v) is 3.37. The molecule has 1 N–H and O–H groups in total. The second-order valence-corrected chi connectivity index (χ2v) is 4.71. The molecule has 17 heavy (non-hydrogen) atoms. The summed E-state index contributed by atoms with van der Waals surface area (Å²) >= 11 is 0. The molecule has 1 unspecified atom stereocenters. The molecule has 1 aliphatic rings. The maximum absolute atomic E-state index is 12.0. The van der Waals surface area contributed by atoms with Gasteiger partial charge in [-0.15, -0.1) is 0 Å². The number of carbonyl (C=O) groups is 1. The van der Waals surface area contributed by atoms with Crippen LogP contribution < -0.4 is 0 Å². The van der Waals surface area contributed by atoms with Crippen LogP contribution in [0, 0.1) is 5.92 Å². The Balaban J connectivity index is 1.97.